The second-order valence-corrected chi connectivity index (χ2v) is 9.92. The van der Waals surface area contributed by atoms with E-state index in [1.54, 1.807) is 43.3 Å². The van der Waals surface area contributed by atoms with E-state index in [4.69, 9.17) is 0 Å². The van der Waals surface area contributed by atoms with Crippen LogP contribution in [0.25, 0.3) is 10.8 Å². The standard InChI is InChI=1S/C23H26N4O4S/c1-17-20-10-3-4-11-21(20)23(29)27(25-17)16-22(28)24-15-18-8-7-9-19(14-18)32(30,31)26-12-5-2-6-13-26/h3-4,7-11,14H,2,5-6,12-13,15-16H2,1H3,(H,24,28). The number of hydrogen-bond acceptors (Lipinski definition) is 5. The Bertz CT molecular complexity index is 1310. The van der Waals surface area contributed by atoms with Crippen LogP contribution in [-0.4, -0.2) is 41.5 Å². The van der Waals surface area contributed by atoms with Crippen molar-refractivity contribution in [3.63, 3.8) is 0 Å². The number of carbonyl (C=O) groups is 1. The number of amides is 1. The van der Waals surface area contributed by atoms with Crippen LogP contribution in [0.3, 0.4) is 0 Å². The van der Waals surface area contributed by atoms with E-state index in [0.717, 1.165) is 29.3 Å². The summed E-state index contributed by atoms with van der Waals surface area (Å²) in [6, 6.07) is 13.8. The van der Waals surface area contributed by atoms with Crippen molar-refractivity contribution in [3.8, 4) is 0 Å². The van der Waals surface area contributed by atoms with Gasteiger partial charge in [-0.25, -0.2) is 13.1 Å². The third kappa shape index (κ3) is 4.58. The molecule has 1 fully saturated rings. The van der Waals surface area contributed by atoms with Crippen molar-refractivity contribution in [1.29, 1.82) is 0 Å². The predicted octanol–water partition coefficient (Wildman–Crippen LogP) is 2.20. The molecule has 168 valence electrons. The second-order valence-electron chi connectivity index (χ2n) is 7.98. The van der Waals surface area contributed by atoms with Gasteiger partial charge in [0.1, 0.15) is 6.54 Å². The van der Waals surface area contributed by atoms with Crippen LogP contribution in [0.4, 0.5) is 0 Å². The fourth-order valence-corrected chi connectivity index (χ4v) is 5.56. The molecule has 9 heteroatoms. The molecule has 0 radical (unpaired) electrons. The van der Waals surface area contributed by atoms with Gasteiger partial charge in [-0.2, -0.15) is 9.40 Å². The minimum absolute atomic E-state index is 0.156. The number of benzene rings is 2. The SMILES string of the molecule is Cc1nn(CC(=O)NCc2cccc(S(=O)(=O)N3CCCCC3)c2)c(=O)c2ccccc12. The molecule has 2 aromatic carbocycles. The van der Waals surface area contributed by atoms with Gasteiger partial charge in [0.15, 0.2) is 0 Å². The van der Waals surface area contributed by atoms with Crippen molar-refractivity contribution in [1.82, 2.24) is 19.4 Å². The van der Waals surface area contributed by atoms with E-state index >= 15 is 0 Å². The average Bonchev–Trinajstić information content (AvgIpc) is 2.82. The average molecular weight is 455 g/mol. The third-order valence-corrected chi connectivity index (χ3v) is 7.58. The first kappa shape index (κ1) is 22.2. The molecule has 1 N–H and O–H groups in total. The van der Waals surface area contributed by atoms with Crippen molar-refractivity contribution >= 4 is 26.7 Å². The number of piperidine rings is 1. The largest absolute Gasteiger partial charge is 0.350 e. The molecular formula is C23H26N4O4S. The van der Waals surface area contributed by atoms with Crippen molar-refractivity contribution in [3.05, 3.63) is 70.1 Å². The maximum absolute atomic E-state index is 12.9. The van der Waals surface area contributed by atoms with Crippen LogP contribution >= 0.6 is 0 Å². The van der Waals surface area contributed by atoms with E-state index in [1.165, 1.54) is 4.31 Å². The first-order valence-electron chi connectivity index (χ1n) is 10.7. The van der Waals surface area contributed by atoms with Gasteiger partial charge in [0.05, 0.1) is 16.0 Å². The van der Waals surface area contributed by atoms with Gasteiger partial charge in [-0.05, 0) is 43.5 Å². The summed E-state index contributed by atoms with van der Waals surface area (Å²) in [6.45, 7) is 2.82. The molecule has 1 amide bonds. The zero-order valence-corrected chi connectivity index (χ0v) is 18.8. The molecule has 0 atom stereocenters. The van der Waals surface area contributed by atoms with Crippen LogP contribution in [0.2, 0.25) is 0 Å². The number of nitrogens with zero attached hydrogens (tertiary/aromatic N) is 3. The molecule has 0 spiro atoms. The van der Waals surface area contributed by atoms with E-state index < -0.39 is 10.0 Å². The van der Waals surface area contributed by atoms with E-state index in [1.807, 2.05) is 12.1 Å². The topological polar surface area (TPSA) is 101 Å². The number of sulfonamides is 1. The van der Waals surface area contributed by atoms with Crippen LogP contribution in [-0.2, 0) is 27.9 Å². The van der Waals surface area contributed by atoms with E-state index in [2.05, 4.69) is 10.4 Å². The lowest BCUT2D eigenvalue weighted by atomic mass is 10.1. The zero-order chi connectivity index (χ0) is 22.7. The number of fused-ring (bicyclic) bond motifs is 1. The van der Waals surface area contributed by atoms with Crippen molar-refractivity contribution < 1.29 is 13.2 Å². The summed E-state index contributed by atoms with van der Waals surface area (Å²) in [5.74, 6) is -0.376. The molecule has 0 aliphatic carbocycles. The van der Waals surface area contributed by atoms with Crippen LogP contribution in [0, 0.1) is 6.92 Å². The summed E-state index contributed by atoms with van der Waals surface area (Å²) >= 11 is 0. The van der Waals surface area contributed by atoms with Crippen molar-refractivity contribution in [2.45, 2.75) is 44.2 Å². The van der Waals surface area contributed by atoms with Crippen LogP contribution in [0.5, 0.6) is 0 Å². The molecule has 1 aromatic heterocycles. The molecule has 3 aromatic rings. The summed E-state index contributed by atoms with van der Waals surface area (Å²) in [5, 5.41) is 8.29. The van der Waals surface area contributed by atoms with Gasteiger partial charge in [-0.1, -0.05) is 36.8 Å². The molecule has 0 unspecified atom stereocenters. The molecule has 1 aliphatic heterocycles. The number of rotatable bonds is 6. The van der Waals surface area contributed by atoms with E-state index in [-0.39, 0.29) is 29.5 Å². The number of aromatic nitrogens is 2. The molecule has 4 rings (SSSR count). The van der Waals surface area contributed by atoms with Crippen molar-refractivity contribution in [2.75, 3.05) is 13.1 Å². The van der Waals surface area contributed by atoms with Gasteiger partial charge in [-0.15, -0.1) is 0 Å². The van der Waals surface area contributed by atoms with E-state index in [9.17, 15) is 18.0 Å². The maximum Gasteiger partial charge on any atom is 0.275 e. The van der Waals surface area contributed by atoms with Crippen LogP contribution in [0.1, 0.15) is 30.5 Å². The smallest absolute Gasteiger partial charge is 0.275 e. The first-order valence-corrected chi connectivity index (χ1v) is 12.1. The van der Waals surface area contributed by atoms with Crippen LogP contribution < -0.4 is 10.9 Å². The number of nitrogens with one attached hydrogen (secondary N) is 1. The minimum atomic E-state index is -3.54. The van der Waals surface area contributed by atoms with Crippen LogP contribution in [0.15, 0.2) is 58.2 Å². The van der Waals surface area contributed by atoms with Gasteiger partial charge in [0, 0.05) is 25.0 Å². The summed E-state index contributed by atoms with van der Waals surface area (Å²) in [4.78, 5) is 25.4. The molecule has 0 bridgehead atoms. The Morgan fingerprint density at radius 2 is 1.75 bits per heavy atom. The van der Waals surface area contributed by atoms with E-state index in [0.29, 0.717) is 29.7 Å². The van der Waals surface area contributed by atoms with Gasteiger partial charge < -0.3 is 5.32 Å². The Morgan fingerprint density at radius 1 is 1.03 bits per heavy atom. The lowest BCUT2D eigenvalue weighted by Gasteiger charge is -2.26. The summed E-state index contributed by atoms with van der Waals surface area (Å²) in [5.41, 5.74) is 1.02. The van der Waals surface area contributed by atoms with Gasteiger partial charge in [0.2, 0.25) is 15.9 Å². The molecular weight excluding hydrogens is 428 g/mol. The fourth-order valence-electron chi connectivity index (χ4n) is 3.97. The zero-order valence-electron chi connectivity index (χ0n) is 18.0. The predicted molar refractivity (Wildman–Crippen MR) is 122 cm³/mol. The first-order chi connectivity index (χ1) is 15.4. The number of hydrogen-bond donors (Lipinski definition) is 1. The third-order valence-electron chi connectivity index (χ3n) is 5.69. The Morgan fingerprint density at radius 3 is 2.50 bits per heavy atom. The molecule has 2 heterocycles. The highest BCUT2D eigenvalue weighted by Crippen LogP contribution is 2.21. The summed E-state index contributed by atoms with van der Waals surface area (Å²) < 4.78 is 28.5. The Balaban J connectivity index is 1.45. The lowest BCUT2D eigenvalue weighted by Crippen LogP contribution is -2.35. The monoisotopic (exact) mass is 454 g/mol. The number of aryl methyl sites for hydroxylation is 1. The van der Waals surface area contributed by atoms with Crippen molar-refractivity contribution in [2.24, 2.45) is 0 Å². The highest BCUT2D eigenvalue weighted by atomic mass is 32.2. The minimum Gasteiger partial charge on any atom is -0.350 e. The highest BCUT2D eigenvalue weighted by molar-refractivity contribution is 7.89. The maximum atomic E-state index is 12.9. The summed E-state index contributed by atoms with van der Waals surface area (Å²) in [6.07, 6.45) is 2.79. The number of carbonyl (C=O) groups excluding carboxylic acids is 1. The Hall–Kier alpha value is -3.04. The fraction of sp³-hybridized carbons (Fsp3) is 0.348. The molecule has 1 saturated heterocycles. The summed E-state index contributed by atoms with van der Waals surface area (Å²) in [7, 11) is -3.54. The Labute approximate surface area is 186 Å². The molecule has 32 heavy (non-hydrogen) atoms. The molecule has 0 saturated carbocycles. The van der Waals surface area contributed by atoms with Gasteiger partial charge >= 0.3 is 0 Å². The quantitative estimate of drug-likeness (QED) is 0.615. The molecule has 8 nitrogen and oxygen atoms in total. The van der Waals surface area contributed by atoms with Gasteiger partial charge in [-0.3, -0.25) is 9.59 Å². The highest BCUT2D eigenvalue weighted by Gasteiger charge is 2.26. The Kier molecular flexibility index (Phi) is 6.38. The molecule has 1 aliphatic rings. The normalized spacial score (nSPS) is 15.0. The lowest BCUT2D eigenvalue weighted by molar-refractivity contribution is -0.122. The van der Waals surface area contributed by atoms with Gasteiger partial charge in [0.25, 0.3) is 5.56 Å². The second kappa shape index (κ2) is 9.22.